The van der Waals surface area contributed by atoms with Crippen molar-refractivity contribution in [3.8, 4) is 11.3 Å². The Bertz CT molecular complexity index is 756. The highest BCUT2D eigenvalue weighted by Gasteiger charge is 2.08. The molecule has 3 rings (SSSR count). The first-order valence-electron chi connectivity index (χ1n) is 6.61. The maximum Gasteiger partial charge on any atom is 0.154 e. The number of anilines is 1. The van der Waals surface area contributed by atoms with E-state index >= 15 is 0 Å². The Hall–Kier alpha value is -2.11. The van der Waals surface area contributed by atoms with E-state index < -0.39 is 0 Å². The van der Waals surface area contributed by atoms with Gasteiger partial charge in [-0.05, 0) is 24.3 Å². The second-order valence-corrected chi connectivity index (χ2v) is 5.00. The maximum atomic E-state index is 6.05. The molecule has 0 spiro atoms. The van der Waals surface area contributed by atoms with E-state index in [0.717, 1.165) is 22.7 Å². The standard InChI is InChI=1S/C15H15ClN4O/c1-21-8-7-17-14-5-6-15-18-10-13(20(15)19-14)11-3-2-4-12(16)9-11/h2-6,9-10H,7-8H2,1H3,(H,17,19). The van der Waals surface area contributed by atoms with Gasteiger partial charge in [-0.2, -0.15) is 0 Å². The summed E-state index contributed by atoms with van der Waals surface area (Å²) >= 11 is 6.05. The summed E-state index contributed by atoms with van der Waals surface area (Å²) in [5.74, 6) is 0.779. The second-order valence-electron chi connectivity index (χ2n) is 4.56. The average molecular weight is 303 g/mol. The Labute approximate surface area is 127 Å². The molecule has 3 aromatic rings. The number of hydrogen-bond donors (Lipinski definition) is 1. The monoisotopic (exact) mass is 302 g/mol. The van der Waals surface area contributed by atoms with Gasteiger partial charge in [0.2, 0.25) is 0 Å². The lowest BCUT2D eigenvalue weighted by molar-refractivity contribution is 0.210. The molecule has 5 nitrogen and oxygen atoms in total. The van der Waals surface area contributed by atoms with E-state index in [4.69, 9.17) is 16.3 Å². The van der Waals surface area contributed by atoms with Crippen molar-refractivity contribution in [1.29, 1.82) is 0 Å². The van der Waals surface area contributed by atoms with Crippen LogP contribution < -0.4 is 5.32 Å². The predicted molar refractivity (Wildman–Crippen MR) is 83.8 cm³/mol. The highest BCUT2D eigenvalue weighted by molar-refractivity contribution is 6.30. The second kappa shape index (κ2) is 6.11. The van der Waals surface area contributed by atoms with Crippen molar-refractivity contribution in [2.75, 3.05) is 25.6 Å². The fourth-order valence-electron chi connectivity index (χ4n) is 2.09. The molecule has 0 amide bonds. The van der Waals surface area contributed by atoms with Gasteiger partial charge in [-0.1, -0.05) is 23.7 Å². The topological polar surface area (TPSA) is 51.5 Å². The fourth-order valence-corrected chi connectivity index (χ4v) is 2.28. The van der Waals surface area contributed by atoms with Crippen molar-refractivity contribution in [2.45, 2.75) is 0 Å². The highest BCUT2D eigenvalue weighted by Crippen LogP contribution is 2.23. The first-order chi connectivity index (χ1) is 10.3. The largest absolute Gasteiger partial charge is 0.383 e. The number of aromatic nitrogens is 3. The number of imidazole rings is 1. The van der Waals surface area contributed by atoms with Crippen LogP contribution in [0.2, 0.25) is 5.02 Å². The van der Waals surface area contributed by atoms with Gasteiger partial charge in [0.1, 0.15) is 5.82 Å². The normalized spacial score (nSPS) is 11.0. The van der Waals surface area contributed by atoms with Crippen molar-refractivity contribution in [3.05, 3.63) is 47.6 Å². The molecule has 21 heavy (non-hydrogen) atoms. The summed E-state index contributed by atoms with van der Waals surface area (Å²) in [6.45, 7) is 1.33. The number of nitrogens with zero attached hydrogens (tertiary/aromatic N) is 3. The fraction of sp³-hybridized carbons (Fsp3) is 0.200. The van der Waals surface area contributed by atoms with Crippen molar-refractivity contribution in [1.82, 2.24) is 14.6 Å². The van der Waals surface area contributed by atoms with Crippen LogP contribution in [-0.2, 0) is 4.74 Å². The number of benzene rings is 1. The summed E-state index contributed by atoms with van der Waals surface area (Å²) < 4.78 is 6.82. The van der Waals surface area contributed by atoms with Crippen LogP contribution in [0.4, 0.5) is 5.82 Å². The first-order valence-corrected chi connectivity index (χ1v) is 6.99. The van der Waals surface area contributed by atoms with Gasteiger partial charge in [0.25, 0.3) is 0 Å². The number of hydrogen-bond acceptors (Lipinski definition) is 4. The smallest absolute Gasteiger partial charge is 0.154 e. The van der Waals surface area contributed by atoms with E-state index in [9.17, 15) is 0 Å². The third-order valence-electron chi connectivity index (χ3n) is 3.09. The molecule has 0 aliphatic carbocycles. The molecule has 0 atom stereocenters. The Morgan fingerprint density at radius 1 is 1.29 bits per heavy atom. The molecule has 1 N–H and O–H groups in total. The van der Waals surface area contributed by atoms with Crippen LogP contribution in [0.1, 0.15) is 0 Å². The van der Waals surface area contributed by atoms with E-state index in [-0.39, 0.29) is 0 Å². The van der Waals surface area contributed by atoms with Crippen LogP contribution >= 0.6 is 11.6 Å². The van der Waals surface area contributed by atoms with E-state index in [1.807, 2.05) is 36.4 Å². The van der Waals surface area contributed by atoms with Crippen LogP contribution in [0.3, 0.4) is 0 Å². The van der Waals surface area contributed by atoms with Crippen LogP contribution in [-0.4, -0.2) is 34.9 Å². The molecule has 0 aliphatic heterocycles. The van der Waals surface area contributed by atoms with Gasteiger partial charge < -0.3 is 10.1 Å². The zero-order valence-corrected chi connectivity index (χ0v) is 12.3. The third-order valence-corrected chi connectivity index (χ3v) is 3.33. The molecule has 0 saturated heterocycles. The summed E-state index contributed by atoms with van der Waals surface area (Å²) in [5.41, 5.74) is 2.68. The summed E-state index contributed by atoms with van der Waals surface area (Å²) in [7, 11) is 1.67. The minimum absolute atomic E-state index is 0.630. The molecule has 0 fully saturated rings. The molecule has 0 unspecified atom stereocenters. The molecular formula is C15H15ClN4O. The van der Waals surface area contributed by atoms with Crippen LogP contribution in [0.5, 0.6) is 0 Å². The molecular weight excluding hydrogens is 288 g/mol. The quantitative estimate of drug-likeness (QED) is 0.736. The van der Waals surface area contributed by atoms with Crippen LogP contribution in [0.25, 0.3) is 16.9 Å². The predicted octanol–water partition coefficient (Wildman–Crippen LogP) is 3.11. The number of ether oxygens (including phenoxy) is 1. The average Bonchev–Trinajstić information content (AvgIpc) is 2.91. The van der Waals surface area contributed by atoms with Crippen molar-refractivity contribution in [2.24, 2.45) is 0 Å². The Morgan fingerprint density at radius 3 is 3.00 bits per heavy atom. The van der Waals surface area contributed by atoms with Crippen LogP contribution in [0.15, 0.2) is 42.6 Å². The summed E-state index contributed by atoms with van der Waals surface area (Å²) in [4.78, 5) is 4.37. The summed E-state index contributed by atoms with van der Waals surface area (Å²) in [5, 5.41) is 8.46. The number of nitrogens with one attached hydrogen (secondary N) is 1. The van der Waals surface area contributed by atoms with Gasteiger partial charge in [0, 0.05) is 24.2 Å². The highest BCUT2D eigenvalue weighted by atomic mass is 35.5. The molecule has 6 heteroatoms. The minimum atomic E-state index is 0.630. The zero-order chi connectivity index (χ0) is 14.7. The Kier molecular flexibility index (Phi) is 4.03. The van der Waals surface area contributed by atoms with Gasteiger partial charge in [-0.15, -0.1) is 5.10 Å². The van der Waals surface area contributed by atoms with E-state index in [1.54, 1.807) is 17.8 Å². The van der Waals surface area contributed by atoms with Gasteiger partial charge >= 0.3 is 0 Å². The molecule has 1 aromatic carbocycles. The molecule has 2 aromatic heterocycles. The maximum absolute atomic E-state index is 6.05. The molecule has 0 radical (unpaired) electrons. The van der Waals surface area contributed by atoms with E-state index in [2.05, 4.69) is 15.4 Å². The SMILES string of the molecule is COCCNc1ccc2ncc(-c3cccc(Cl)c3)n2n1. The van der Waals surface area contributed by atoms with Crippen molar-refractivity contribution >= 4 is 23.1 Å². The van der Waals surface area contributed by atoms with Gasteiger partial charge in [0.05, 0.1) is 18.5 Å². The van der Waals surface area contributed by atoms with E-state index in [1.165, 1.54) is 0 Å². The third kappa shape index (κ3) is 2.99. The van der Waals surface area contributed by atoms with Crippen molar-refractivity contribution < 1.29 is 4.74 Å². The van der Waals surface area contributed by atoms with E-state index in [0.29, 0.717) is 18.2 Å². The zero-order valence-electron chi connectivity index (χ0n) is 11.6. The number of rotatable bonds is 5. The first kappa shape index (κ1) is 13.9. The molecule has 2 heterocycles. The van der Waals surface area contributed by atoms with Gasteiger partial charge in [0.15, 0.2) is 5.65 Å². The number of halogens is 1. The molecule has 0 bridgehead atoms. The lowest BCUT2D eigenvalue weighted by Crippen LogP contribution is -2.10. The summed E-state index contributed by atoms with van der Waals surface area (Å²) in [6.07, 6.45) is 1.80. The molecule has 108 valence electrons. The summed E-state index contributed by atoms with van der Waals surface area (Å²) in [6, 6.07) is 11.5. The van der Waals surface area contributed by atoms with Crippen LogP contribution in [0, 0.1) is 0 Å². The lowest BCUT2D eigenvalue weighted by atomic mass is 10.2. The number of fused-ring (bicyclic) bond motifs is 1. The minimum Gasteiger partial charge on any atom is -0.383 e. The Morgan fingerprint density at radius 2 is 2.19 bits per heavy atom. The van der Waals surface area contributed by atoms with Gasteiger partial charge in [-0.25, -0.2) is 9.50 Å². The molecule has 0 aliphatic rings. The number of methoxy groups -OCH3 is 1. The van der Waals surface area contributed by atoms with Gasteiger partial charge in [-0.3, -0.25) is 0 Å². The molecule has 0 saturated carbocycles. The lowest BCUT2D eigenvalue weighted by Gasteiger charge is -2.06. The Balaban J connectivity index is 1.97. The van der Waals surface area contributed by atoms with Crippen molar-refractivity contribution in [3.63, 3.8) is 0 Å².